The van der Waals surface area contributed by atoms with E-state index < -0.39 is 11.2 Å². The molecule has 0 fully saturated rings. The molecule has 7 aromatic carbocycles. The summed E-state index contributed by atoms with van der Waals surface area (Å²) in [5.74, 6) is 0.938. The second-order valence-corrected chi connectivity index (χ2v) is 15.2. The van der Waals surface area contributed by atoms with Crippen LogP contribution in [0.15, 0.2) is 210 Å². The molecule has 0 saturated heterocycles. The lowest BCUT2D eigenvalue weighted by molar-refractivity contribution is 0.103. The molecule has 8 nitrogen and oxygen atoms in total. The van der Waals surface area contributed by atoms with Gasteiger partial charge in [-0.05, 0) is 69.8 Å². The molecule has 0 radical (unpaired) electrons. The molecule has 2 aromatic heterocycles. The number of carbonyl (C=O) groups excluding carboxylic acids is 1. The zero-order valence-corrected chi connectivity index (χ0v) is 34.0. The van der Waals surface area contributed by atoms with Crippen molar-refractivity contribution in [1.82, 2.24) is 13.7 Å². The highest BCUT2D eigenvalue weighted by molar-refractivity contribution is 6.17. The first-order valence-corrected chi connectivity index (χ1v) is 20.6. The SMILES string of the molecule is O=C(c1ccc(OCc2ccccc2)cc1)c1c(-c2ccc(OCc3ccccc3)cc2)c2c(=O)n(Cc3ccccc3)c(=O)n(Cc3ccccc3)c2n1Cc1ccccc1. The molecule has 0 atom stereocenters. The van der Waals surface area contributed by atoms with E-state index >= 15 is 9.59 Å². The number of nitrogens with zero attached hydrogens (tertiary/aromatic N) is 3. The Bertz CT molecular complexity index is 3050. The number of hydrogen-bond acceptors (Lipinski definition) is 5. The van der Waals surface area contributed by atoms with Gasteiger partial charge in [0.1, 0.15) is 36.1 Å². The lowest BCUT2D eigenvalue weighted by Crippen LogP contribution is -2.41. The highest BCUT2D eigenvalue weighted by atomic mass is 16.5. The molecule has 0 aliphatic carbocycles. The number of ketones is 1. The zero-order valence-electron chi connectivity index (χ0n) is 34.0. The lowest BCUT2D eigenvalue weighted by atomic mass is 9.98. The van der Waals surface area contributed by atoms with Crippen LogP contribution in [0.1, 0.15) is 43.9 Å². The molecule has 0 bridgehead atoms. The van der Waals surface area contributed by atoms with Crippen LogP contribution in [0, 0.1) is 0 Å². The van der Waals surface area contributed by atoms with Gasteiger partial charge in [0.05, 0.1) is 18.5 Å². The van der Waals surface area contributed by atoms with Crippen LogP contribution in [0.5, 0.6) is 11.5 Å². The normalized spacial score (nSPS) is 11.1. The van der Waals surface area contributed by atoms with Crippen molar-refractivity contribution in [3.63, 3.8) is 0 Å². The van der Waals surface area contributed by atoms with Crippen molar-refractivity contribution in [2.24, 2.45) is 0 Å². The highest BCUT2D eigenvalue weighted by Crippen LogP contribution is 2.37. The van der Waals surface area contributed by atoms with Gasteiger partial charge in [0, 0.05) is 17.7 Å². The average Bonchev–Trinajstić information content (AvgIpc) is 3.66. The number of hydrogen-bond donors (Lipinski definition) is 0. The summed E-state index contributed by atoms with van der Waals surface area (Å²) in [4.78, 5) is 45.6. The van der Waals surface area contributed by atoms with Gasteiger partial charge in [-0.3, -0.25) is 18.7 Å². The average molecular weight is 814 g/mol. The van der Waals surface area contributed by atoms with Crippen molar-refractivity contribution in [3.05, 3.63) is 260 Å². The van der Waals surface area contributed by atoms with Gasteiger partial charge >= 0.3 is 5.69 Å². The Kier molecular flexibility index (Phi) is 11.5. The number of aromatic nitrogens is 3. The first kappa shape index (κ1) is 39.5. The molecule has 9 rings (SSSR count). The van der Waals surface area contributed by atoms with Gasteiger partial charge in [-0.25, -0.2) is 4.79 Å². The maximum Gasteiger partial charge on any atom is 0.333 e. The summed E-state index contributed by atoms with van der Waals surface area (Å²) in [6.07, 6.45) is 0. The number of benzene rings is 7. The first-order valence-electron chi connectivity index (χ1n) is 20.6. The fourth-order valence-corrected chi connectivity index (χ4v) is 7.84. The molecule has 304 valence electrons. The maximum absolute atomic E-state index is 15.4. The largest absolute Gasteiger partial charge is 0.489 e. The Morgan fingerprint density at radius 1 is 0.419 bits per heavy atom. The van der Waals surface area contributed by atoms with Gasteiger partial charge in [0.2, 0.25) is 5.78 Å². The van der Waals surface area contributed by atoms with Gasteiger partial charge in [-0.15, -0.1) is 0 Å². The topological polar surface area (TPSA) is 84.5 Å². The van der Waals surface area contributed by atoms with E-state index in [1.165, 1.54) is 4.57 Å². The maximum atomic E-state index is 15.4. The fraction of sp³-hybridized carbons (Fsp3) is 0.0926. The van der Waals surface area contributed by atoms with Crippen LogP contribution in [0.2, 0.25) is 0 Å². The van der Waals surface area contributed by atoms with Crippen LogP contribution in [-0.4, -0.2) is 19.5 Å². The predicted octanol–water partition coefficient (Wildman–Crippen LogP) is 10.2. The van der Waals surface area contributed by atoms with E-state index in [9.17, 15) is 4.79 Å². The summed E-state index contributed by atoms with van der Waals surface area (Å²) in [6.45, 7) is 1.18. The minimum atomic E-state index is -0.483. The van der Waals surface area contributed by atoms with E-state index in [1.807, 2.05) is 180 Å². The van der Waals surface area contributed by atoms with Gasteiger partial charge in [0.25, 0.3) is 5.56 Å². The summed E-state index contributed by atoms with van der Waals surface area (Å²) < 4.78 is 17.1. The number of ether oxygens (including phenoxy) is 2. The van der Waals surface area contributed by atoms with Crippen molar-refractivity contribution in [2.45, 2.75) is 32.8 Å². The number of fused-ring (bicyclic) bond motifs is 1. The summed E-state index contributed by atoms with van der Waals surface area (Å²) in [6, 6.07) is 63.3. The molecule has 0 unspecified atom stereocenters. The molecule has 2 heterocycles. The smallest absolute Gasteiger partial charge is 0.333 e. The van der Waals surface area contributed by atoms with E-state index in [4.69, 9.17) is 9.47 Å². The molecule has 9 aromatic rings. The molecule has 0 N–H and O–H groups in total. The predicted molar refractivity (Wildman–Crippen MR) is 244 cm³/mol. The van der Waals surface area contributed by atoms with Crippen LogP contribution in [0.3, 0.4) is 0 Å². The van der Waals surface area contributed by atoms with Crippen LogP contribution >= 0.6 is 0 Å². The molecule has 0 saturated carbocycles. The third kappa shape index (κ3) is 8.53. The third-order valence-corrected chi connectivity index (χ3v) is 10.9. The molecule has 0 spiro atoms. The Balaban J connectivity index is 1.27. The summed E-state index contributed by atoms with van der Waals surface area (Å²) >= 11 is 0. The van der Waals surface area contributed by atoms with Crippen LogP contribution in [0.4, 0.5) is 0 Å². The van der Waals surface area contributed by atoms with Crippen molar-refractivity contribution in [1.29, 1.82) is 0 Å². The Labute approximate surface area is 359 Å². The first-order chi connectivity index (χ1) is 30.5. The van der Waals surface area contributed by atoms with Crippen LogP contribution in [-0.2, 0) is 32.8 Å². The standard InChI is InChI=1S/C54H43N3O5/c58-51(45-28-32-47(33-29-45)62-38-43-24-14-5-15-25-43)50-48(44-26-30-46(31-27-44)61-37-42-22-12-4-13-23-42)49-52(55(50)34-39-16-6-1-7-17-39)56(35-40-18-8-2-9-19-40)54(60)57(53(49)59)36-41-20-10-3-11-21-41/h1-33H,34-38H2. The minimum absolute atomic E-state index is 0.0481. The summed E-state index contributed by atoms with van der Waals surface area (Å²) in [7, 11) is 0. The Hall–Kier alpha value is -7.97. The molecular formula is C54H43N3O5. The summed E-state index contributed by atoms with van der Waals surface area (Å²) in [5, 5.41) is 0.275. The van der Waals surface area contributed by atoms with Gasteiger partial charge in [-0.1, -0.05) is 164 Å². The van der Waals surface area contributed by atoms with Crippen LogP contribution in [0.25, 0.3) is 22.2 Å². The lowest BCUT2D eigenvalue weighted by Gasteiger charge is -2.17. The Morgan fingerprint density at radius 3 is 1.26 bits per heavy atom. The molecule has 0 amide bonds. The summed E-state index contributed by atoms with van der Waals surface area (Å²) in [5.41, 5.74) is 5.78. The zero-order chi connectivity index (χ0) is 42.3. The molecule has 0 aliphatic heterocycles. The van der Waals surface area contributed by atoms with E-state index in [1.54, 1.807) is 28.8 Å². The second-order valence-electron chi connectivity index (χ2n) is 15.2. The fourth-order valence-electron chi connectivity index (χ4n) is 7.84. The monoisotopic (exact) mass is 813 g/mol. The molecule has 62 heavy (non-hydrogen) atoms. The van der Waals surface area contributed by atoms with Gasteiger partial charge < -0.3 is 14.0 Å². The minimum Gasteiger partial charge on any atom is -0.489 e. The van der Waals surface area contributed by atoms with Crippen molar-refractivity contribution in [2.75, 3.05) is 0 Å². The Morgan fingerprint density at radius 2 is 0.806 bits per heavy atom. The van der Waals surface area contributed by atoms with E-state index in [2.05, 4.69) is 0 Å². The van der Waals surface area contributed by atoms with E-state index in [0.29, 0.717) is 47.1 Å². The van der Waals surface area contributed by atoms with E-state index in [0.717, 1.165) is 27.8 Å². The van der Waals surface area contributed by atoms with Crippen molar-refractivity contribution < 1.29 is 14.3 Å². The van der Waals surface area contributed by atoms with E-state index in [-0.39, 0.29) is 36.5 Å². The highest BCUT2D eigenvalue weighted by Gasteiger charge is 2.31. The van der Waals surface area contributed by atoms with Crippen molar-refractivity contribution in [3.8, 4) is 22.6 Å². The number of rotatable bonds is 15. The number of carbonyl (C=O) groups is 1. The van der Waals surface area contributed by atoms with Gasteiger partial charge in [-0.2, -0.15) is 0 Å². The third-order valence-electron chi connectivity index (χ3n) is 10.9. The molecule has 8 heteroatoms. The molecule has 0 aliphatic rings. The quantitative estimate of drug-likeness (QED) is 0.0963. The van der Waals surface area contributed by atoms with Crippen molar-refractivity contribution >= 4 is 16.8 Å². The van der Waals surface area contributed by atoms with Gasteiger partial charge in [0.15, 0.2) is 0 Å². The van der Waals surface area contributed by atoms with Crippen LogP contribution < -0.4 is 20.7 Å². The second kappa shape index (κ2) is 18.1. The molecular weight excluding hydrogens is 771 g/mol.